The molecule has 0 radical (unpaired) electrons. The van der Waals surface area contributed by atoms with E-state index in [1.54, 1.807) is 0 Å². The molecule has 4 aromatic rings. The first-order valence-electron chi connectivity index (χ1n) is 8.22. The molecule has 0 aliphatic carbocycles. The van der Waals surface area contributed by atoms with Gasteiger partial charge in [0.2, 0.25) is 0 Å². The van der Waals surface area contributed by atoms with Gasteiger partial charge in [0.25, 0.3) is 0 Å². The summed E-state index contributed by atoms with van der Waals surface area (Å²) in [6.45, 7) is 0. The lowest BCUT2D eigenvalue weighted by Crippen LogP contribution is -2.02. The van der Waals surface area contributed by atoms with E-state index < -0.39 is 0 Å². The lowest BCUT2D eigenvalue weighted by atomic mass is 10.1. The Hall–Kier alpha value is -3.17. The Morgan fingerprint density at radius 3 is 2.08 bits per heavy atom. The van der Waals surface area contributed by atoms with Crippen molar-refractivity contribution in [2.24, 2.45) is 0 Å². The van der Waals surface area contributed by atoms with Crippen LogP contribution in [0.5, 0.6) is 0 Å². The van der Waals surface area contributed by atoms with Crippen molar-refractivity contribution in [2.75, 3.05) is 0 Å². The van der Waals surface area contributed by atoms with Gasteiger partial charge in [-0.2, -0.15) is 0 Å². The fourth-order valence-corrected chi connectivity index (χ4v) is 3.19. The predicted octanol–water partition coefficient (Wildman–Crippen LogP) is 5.67. The van der Waals surface area contributed by atoms with Gasteiger partial charge in [-0.1, -0.05) is 78.3 Å². The number of hydrogen-bond donors (Lipinski definition) is 0. The summed E-state index contributed by atoms with van der Waals surface area (Å²) in [5.74, 6) is 0.703. The van der Waals surface area contributed by atoms with Crippen LogP contribution in [0.25, 0.3) is 28.3 Å². The molecule has 0 fully saturated rings. The molecule has 0 aliphatic rings. The number of rotatable bonds is 4. The third-order valence-electron chi connectivity index (χ3n) is 4.17. The summed E-state index contributed by atoms with van der Waals surface area (Å²) in [6.07, 6.45) is 0.850. The molecule has 0 atom stereocenters. The first-order valence-corrected chi connectivity index (χ1v) is 8.60. The first-order chi connectivity index (χ1) is 12.8. The van der Waals surface area contributed by atoms with E-state index >= 15 is 0 Å². The molecule has 0 N–H and O–H groups in total. The van der Waals surface area contributed by atoms with Gasteiger partial charge in [-0.05, 0) is 18.2 Å². The molecule has 3 nitrogen and oxygen atoms in total. The molecule has 0 aliphatic heterocycles. The van der Waals surface area contributed by atoms with E-state index in [-0.39, 0.29) is 0 Å². The van der Waals surface area contributed by atoms with Crippen LogP contribution >= 0.6 is 11.6 Å². The molecule has 0 amide bonds. The Labute approximate surface area is 156 Å². The molecule has 0 spiro atoms. The van der Waals surface area contributed by atoms with Crippen molar-refractivity contribution in [2.45, 2.75) is 0 Å². The van der Waals surface area contributed by atoms with E-state index in [4.69, 9.17) is 16.6 Å². The van der Waals surface area contributed by atoms with E-state index in [0.717, 1.165) is 23.1 Å². The lowest BCUT2D eigenvalue weighted by molar-refractivity contribution is 0.111. The summed E-state index contributed by atoms with van der Waals surface area (Å²) in [7, 11) is 0. The fourth-order valence-electron chi connectivity index (χ4n) is 3.01. The van der Waals surface area contributed by atoms with Gasteiger partial charge in [0.05, 0.1) is 0 Å². The minimum absolute atomic E-state index is 0.498. The Bertz CT molecular complexity index is 1060. The van der Waals surface area contributed by atoms with Crippen molar-refractivity contribution in [3.63, 3.8) is 0 Å². The molecule has 3 aromatic carbocycles. The number of imidazole rings is 1. The molecular weight excluding hydrogens is 344 g/mol. The molecule has 0 bridgehead atoms. The zero-order valence-electron chi connectivity index (χ0n) is 13.8. The smallest absolute Gasteiger partial charge is 0.169 e. The average Bonchev–Trinajstić information content (AvgIpc) is 3.09. The van der Waals surface area contributed by atoms with Crippen LogP contribution in [0, 0.1) is 0 Å². The average molecular weight is 359 g/mol. The number of aldehydes is 1. The number of nitrogens with zero attached hydrogens (tertiary/aromatic N) is 2. The van der Waals surface area contributed by atoms with Gasteiger partial charge < -0.3 is 0 Å². The van der Waals surface area contributed by atoms with Crippen LogP contribution < -0.4 is 0 Å². The van der Waals surface area contributed by atoms with Crippen LogP contribution in [-0.2, 0) is 0 Å². The van der Waals surface area contributed by atoms with Crippen LogP contribution in [0.1, 0.15) is 10.5 Å². The largest absolute Gasteiger partial charge is 0.296 e. The van der Waals surface area contributed by atoms with E-state index in [9.17, 15) is 4.79 Å². The van der Waals surface area contributed by atoms with Crippen molar-refractivity contribution in [3.8, 4) is 28.3 Å². The monoisotopic (exact) mass is 358 g/mol. The van der Waals surface area contributed by atoms with Gasteiger partial charge in [-0.25, -0.2) is 4.98 Å². The molecule has 4 heteroatoms. The normalized spacial score (nSPS) is 10.7. The maximum Gasteiger partial charge on any atom is 0.169 e. The summed E-state index contributed by atoms with van der Waals surface area (Å²) in [6, 6.07) is 27.0. The minimum atomic E-state index is 0.498. The Balaban J connectivity index is 2.04. The van der Waals surface area contributed by atoms with Crippen molar-refractivity contribution < 1.29 is 4.79 Å². The van der Waals surface area contributed by atoms with Crippen LogP contribution in [0.15, 0.2) is 84.9 Å². The molecule has 0 unspecified atom stereocenters. The third kappa shape index (κ3) is 2.93. The predicted molar refractivity (Wildman–Crippen MR) is 105 cm³/mol. The first kappa shape index (κ1) is 16.3. The van der Waals surface area contributed by atoms with Crippen LogP contribution in [0.3, 0.4) is 0 Å². The SMILES string of the molecule is O=Cc1c(-c2ccccc2)nc(-c2ccccc2)n1-c1cccc(Cl)c1. The quantitative estimate of drug-likeness (QED) is 0.440. The number of benzene rings is 3. The van der Waals surface area contributed by atoms with Crippen molar-refractivity contribution in [1.29, 1.82) is 0 Å². The third-order valence-corrected chi connectivity index (χ3v) is 4.41. The molecule has 1 heterocycles. The molecule has 1 aromatic heterocycles. The summed E-state index contributed by atoms with van der Waals surface area (Å²) in [5, 5.41) is 0.605. The summed E-state index contributed by atoms with van der Waals surface area (Å²) in [4.78, 5) is 16.8. The topological polar surface area (TPSA) is 34.9 Å². The maximum absolute atomic E-state index is 12.0. The van der Waals surface area contributed by atoms with Gasteiger partial charge in [-0.3, -0.25) is 9.36 Å². The van der Waals surface area contributed by atoms with Crippen molar-refractivity contribution in [1.82, 2.24) is 9.55 Å². The standard InChI is InChI=1S/C22H15ClN2O/c23-18-12-7-13-19(14-18)25-20(15-26)21(16-8-3-1-4-9-16)24-22(25)17-10-5-2-6-11-17/h1-15H. The highest BCUT2D eigenvalue weighted by molar-refractivity contribution is 6.30. The van der Waals surface area contributed by atoms with E-state index in [1.165, 1.54) is 0 Å². The van der Waals surface area contributed by atoms with E-state index in [0.29, 0.717) is 22.2 Å². The van der Waals surface area contributed by atoms with Crippen LogP contribution in [0.2, 0.25) is 5.02 Å². The summed E-state index contributed by atoms with van der Waals surface area (Å²) >= 11 is 6.19. The second kappa shape index (κ2) is 6.98. The highest BCUT2D eigenvalue weighted by Crippen LogP contribution is 2.31. The maximum atomic E-state index is 12.0. The Morgan fingerprint density at radius 1 is 0.808 bits per heavy atom. The lowest BCUT2D eigenvalue weighted by Gasteiger charge is -2.10. The number of carbonyl (C=O) groups excluding carboxylic acids is 1. The minimum Gasteiger partial charge on any atom is -0.296 e. The number of carbonyl (C=O) groups is 1. The number of halogens is 1. The zero-order valence-corrected chi connectivity index (χ0v) is 14.6. The van der Waals surface area contributed by atoms with Gasteiger partial charge >= 0.3 is 0 Å². The highest BCUT2D eigenvalue weighted by atomic mass is 35.5. The highest BCUT2D eigenvalue weighted by Gasteiger charge is 2.20. The van der Waals surface area contributed by atoms with Gasteiger partial charge in [-0.15, -0.1) is 0 Å². The summed E-state index contributed by atoms with van der Waals surface area (Å²) in [5.41, 5.74) is 3.77. The van der Waals surface area contributed by atoms with Crippen LogP contribution in [0.4, 0.5) is 0 Å². The van der Waals surface area contributed by atoms with E-state index in [2.05, 4.69) is 0 Å². The summed E-state index contributed by atoms with van der Waals surface area (Å²) < 4.78 is 1.86. The molecule has 26 heavy (non-hydrogen) atoms. The Kier molecular flexibility index (Phi) is 4.38. The Morgan fingerprint density at radius 2 is 1.46 bits per heavy atom. The number of hydrogen-bond acceptors (Lipinski definition) is 2. The second-order valence-corrected chi connectivity index (χ2v) is 6.27. The molecule has 4 rings (SSSR count). The molecule has 0 saturated heterocycles. The van der Waals surface area contributed by atoms with Gasteiger partial charge in [0.1, 0.15) is 17.2 Å². The van der Waals surface area contributed by atoms with Gasteiger partial charge in [0.15, 0.2) is 6.29 Å². The van der Waals surface area contributed by atoms with Crippen molar-refractivity contribution >= 4 is 17.9 Å². The van der Waals surface area contributed by atoms with Crippen LogP contribution in [-0.4, -0.2) is 15.8 Å². The fraction of sp³-hybridized carbons (Fsp3) is 0. The number of aromatic nitrogens is 2. The molecule has 126 valence electrons. The van der Waals surface area contributed by atoms with Gasteiger partial charge in [0, 0.05) is 21.8 Å². The molecular formula is C22H15ClN2O. The second-order valence-electron chi connectivity index (χ2n) is 5.83. The zero-order chi connectivity index (χ0) is 17.9. The molecule has 0 saturated carbocycles. The van der Waals surface area contributed by atoms with E-state index in [1.807, 2.05) is 89.5 Å². The van der Waals surface area contributed by atoms with Crippen molar-refractivity contribution in [3.05, 3.63) is 95.6 Å².